The van der Waals surface area contributed by atoms with Crippen LogP contribution in [0.5, 0.6) is 0 Å². The monoisotopic (exact) mass is 190 g/mol. The lowest BCUT2D eigenvalue weighted by molar-refractivity contribution is -0.138. The first kappa shape index (κ1) is 9.25. The van der Waals surface area contributed by atoms with Gasteiger partial charge in [0.05, 0.1) is 5.92 Å². The van der Waals surface area contributed by atoms with Crippen molar-refractivity contribution >= 4 is 5.97 Å². The average Bonchev–Trinajstić information content (AvgIpc) is 2.62. The van der Waals surface area contributed by atoms with E-state index in [1.807, 2.05) is 6.07 Å². The van der Waals surface area contributed by atoms with Crippen molar-refractivity contribution in [1.29, 1.82) is 0 Å². The third kappa shape index (κ3) is 1.52. The van der Waals surface area contributed by atoms with Crippen LogP contribution in [0.15, 0.2) is 18.2 Å². The van der Waals surface area contributed by atoms with Crippen LogP contribution in [0.25, 0.3) is 0 Å². The van der Waals surface area contributed by atoms with Crippen LogP contribution in [-0.2, 0) is 17.6 Å². The van der Waals surface area contributed by atoms with Gasteiger partial charge in [0.15, 0.2) is 0 Å². The van der Waals surface area contributed by atoms with Crippen molar-refractivity contribution in [1.82, 2.24) is 0 Å². The van der Waals surface area contributed by atoms with E-state index in [2.05, 4.69) is 12.1 Å². The topological polar surface area (TPSA) is 37.3 Å². The average molecular weight is 190 g/mol. The smallest absolute Gasteiger partial charge is 0.310 e. The molecule has 1 atom stereocenters. The third-order valence-electron chi connectivity index (χ3n) is 2.99. The molecule has 2 nitrogen and oxygen atoms in total. The van der Waals surface area contributed by atoms with Gasteiger partial charge in [0.2, 0.25) is 0 Å². The highest BCUT2D eigenvalue weighted by Gasteiger charge is 2.17. The number of aryl methyl sites for hydroxylation is 2. The molecule has 1 N–H and O–H groups in total. The van der Waals surface area contributed by atoms with Crippen molar-refractivity contribution in [3.8, 4) is 0 Å². The number of carboxylic acids is 1. The molecule has 1 aliphatic carbocycles. The van der Waals surface area contributed by atoms with Gasteiger partial charge in [-0.15, -0.1) is 0 Å². The summed E-state index contributed by atoms with van der Waals surface area (Å²) in [5.41, 5.74) is 3.67. The van der Waals surface area contributed by atoms with E-state index in [0.29, 0.717) is 0 Å². The Morgan fingerprint density at radius 1 is 1.36 bits per heavy atom. The van der Waals surface area contributed by atoms with Crippen LogP contribution in [0.2, 0.25) is 0 Å². The number of rotatable bonds is 2. The van der Waals surface area contributed by atoms with Gasteiger partial charge >= 0.3 is 5.97 Å². The molecule has 0 bridgehead atoms. The highest BCUT2D eigenvalue weighted by atomic mass is 16.4. The number of hydrogen-bond acceptors (Lipinski definition) is 1. The predicted molar refractivity (Wildman–Crippen MR) is 54.5 cm³/mol. The van der Waals surface area contributed by atoms with Crippen LogP contribution in [0.4, 0.5) is 0 Å². The molecule has 74 valence electrons. The predicted octanol–water partition coefficient (Wildman–Crippen LogP) is 2.36. The van der Waals surface area contributed by atoms with Gasteiger partial charge in [-0.25, -0.2) is 0 Å². The van der Waals surface area contributed by atoms with E-state index in [1.165, 1.54) is 17.5 Å². The SMILES string of the molecule is C[C@@H](C(=O)O)c1ccc2c(c1)CCC2. The summed E-state index contributed by atoms with van der Waals surface area (Å²) in [6.07, 6.45) is 3.47. The second-order valence-electron chi connectivity index (χ2n) is 3.94. The first-order valence-corrected chi connectivity index (χ1v) is 5.03. The van der Waals surface area contributed by atoms with E-state index in [9.17, 15) is 4.79 Å². The van der Waals surface area contributed by atoms with E-state index in [0.717, 1.165) is 18.4 Å². The van der Waals surface area contributed by atoms with Crippen LogP contribution < -0.4 is 0 Å². The Kier molecular flexibility index (Phi) is 2.28. The number of carbonyl (C=O) groups is 1. The Morgan fingerprint density at radius 2 is 2.07 bits per heavy atom. The van der Waals surface area contributed by atoms with E-state index >= 15 is 0 Å². The molecule has 0 amide bonds. The minimum absolute atomic E-state index is 0.388. The van der Waals surface area contributed by atoms with Crippen LogP contribution in [0.3, 0.4) is 0 Å². The van der Waals surface area contributed by atoms with Crippen LogP contribution in [-0.4, -0.2) is 11.1 Å². The second kappa shape index (κ2) is 3.45. The number of fused-ring (bicyclic) bond motifs is 1. The number of hydrogen-bond donors (Lipinski definition) is 1. The van der Waals surface area contributed by atoms with Gasteiger partial charge in [-0.2, -0.15) is 0 Å². The summed E-state index contributed by atoms with van der Waals surface area (Å²) in [6, 6.07) is 6.08. The van der Waals surface area contributed by atoms with E-state index in [-0.39, 0.29) is 5.92 Å². The molecule has 0 fully saturated rings. The van der Waals surface area contributed by atoms with Crippen molar-refractivity contribution in [2.24, 2.45) is 0 Å². The van der Waals surface area contributed by atoms with Crippen LogP contribution in [0, 0.1) is 0 Å². The van der Waals surface area contributed by atoms with E-state index in [4.69, 9.17) is 5.11 Å². The zero-order valence-electron chi connectivity index (χ0n) is 8.29. The van der Waals surface area contributed by atoms with Gasteiger partial charge in [0, 0.05) is 0 Å². The van der Waals surface area contributed by atoms with Crippen molar-refractivity contribution < 1.29 is 9.90 Å². The number of benzene rings is 1. The normalized spacial score (nSPS) is 16.4. The summed E-state index contributed by atoms with van der Waals surface area (Å²) >= 11 is 0. The lowest BCUT2D eigenvalue weighted by Gasteiger charge is -2.08. The molecule has 2 rings (SSSR count). The second-order valence-corrected chi connectivity index (χ2v) is 3.94. The molecule has 2 heteroatoms. The molecule has 0 aromatic heterocycles. The quantitative estimate of drug-likeness (QED) is 0.777. The molecule has 0 aliphatic heterocycles. The molecule has 0 radical (unpaired) electrons. The van der Waals surface area contributed by atoms with Gasteiger partial charge in [-0.1, -0.05) is 18.2 Å². The highest BCUT2D eigenvalue weighted by molar-refractivity contribution is 5.75. The lowest BCUT2D eigenvalue weighted by atomic mass is 9.97. The van der Waals surface area contributed by atoms with Crippen molar-refractivity contribution in [3.63, 3.8) is 0 Å². The summed E-state index contributed by atoms with van der Waals surface area (Å²) < 4.78 is 0. The molecule has 1 aliphatic rings. The molecule has 1 aromatic rings. The first-order valence-electron chi connectivity index (χ1n) is 5.03. The standard InChI is InChI=1S/C12H14O2/c1-8(12(13)14)10-6-5-9-3-2-4-11(9)7-10/h5-8H,2-4H2,1H3,(H,13,14)/t8-/m1/s1. The van der Waals surface area contributed by atoms with Gasteiger partial charge in [-0.05, 0) is 42.9 Å². The van der Waals surface area contributed by atoms with Gasteiger partial charge in [0.1, 0.15) is 0 Å². The van der Waals surface area contributed by atoms with Crippen molar-refractivity contribution in [2.75, 3.05) is 0 Å². The van der Waals surface area contributed by atoms with Gasteiger partial charge in [0.25, 0.3) is 0 Å². The molecule has 0 saturated carbocycles. The minimum Gasteiger partial charge on any atom is -0.481 e. The zero-order valence-corrected chi connectivity index (χ0v) is 8.29. The van der Waals surface area contributed by atoms with Gasteiger partial charge < -0.3 is 5.11 Å². The third-order valence-corrected chi connectivity index (χ3v) is 2.99. The Labute approximate surface area is 83.6 Å². The summed E-state index contributed by atoms with van der Waals surface area (Å²) in [5, 5.41) is 8.88. The molecule has 0 spiro atoms. The fourth-order valence-electron chi connectivity index (χ4n) is 2.00. The Bertz CT molecular complexity index is 369. The van der Waals surface area contributed by atoms with Crippen LogP contribution in [0.1, 0.15) is 36.0 Å². The lowest BCUT2D eigenvalue weighted by Crippen LogP contribution is -2.07. The minimum atomic E-state index is -0.747. The zero-order chi connectivity index (χ0) is 10.1. The molecule has 0 saturated heterocycles. The summed E-state index contributed by atoms with van der Waals surface area (Å²) in [7, 11) is 0. The first-order chi connectivity index (χ1) is 6.68. The maximum absolute atomic E-state index is 10.8. The van der Waals surface area contributed by atoms with E-state index < -0.39 is 5.97 Å². The Hall–Kier alpha value is -1.31. The molecule has 0 heterocycles. The largest absolute Gasteiger partial charge is 0.481 e. The van der Waals surface area contributed by atoms with E-state index in [1.54, 1.807) is 6.92 Å². The molecular weight excluding hydrogens is 176 g/mol. The van der Waals surface area contributed by atoms with Crippen LogP contribution >= 0.6 is 0 Å². The number of aliphatic carboxylic acids is 1. The van der Waals surface area contributed by atoms with Gasteiger partial charge in [-0.3, -0.25) is 4.79 Å². The summed E-state index contributed by atoms with van der Waals surface area (Å²) in [4.78, 5) is 10.8. The summed E-state index contributed by atoms with van der Waals surface area (Å²) in [5.74, 6) is -1.14. The Morgan fingerprint density at radius 3 is 2.79 bits per heavy atom. The molecular formula is C12H14O2. The number of carboxylic acid groups (broad SMARTS) is 1. The van der Waals surface area contributed by atoms with Crippen molar-refractivity contribution in [2.45, 2.75) is 32.1 Å². The van der Waals surface area contributed by atoms with Crippen molar-refractivity contribution in [3.05, 3.63) is 34.9 Å². The summed E-state index contributed by atoms with van der Waals surface area (Å²) in [6.45, 7) is 1.74. The Balaban J connectivity index is 2.33. The molecule has 0 unspecified atom stereocenters. The highest BCUT2D eigenvalue weighted by Crippen LogP contribution is 2.26. The molecule has 1 aromatic carbocycles. The fraction of sp³-hybridized carbons (Fsp3) is 0.417. The maximum atomic E-state index is 10.8. The fourth-order valence-corrected chi connectivity index (χ4v) is 2.00. The maximum Gasteiger partial charge on any atom is 0.310 e. The molecule has 14 heavy (non-hydrogen) atoms.